The van der Waals surface area contributed by atoms with Crippen LogP contribution in [0.4, 0.5) is 0 Å². The van der Waals surface area contributed by atoms with Crippen LogP contribution in [-0.4, -0.2) is 16.0 Å². The fourth-order valence-corrected chi connectivity index (χ4v) is 4.41. The predicted molar refractivity (Wildman–Crippen MR) is 123 cm³/mol. The number of carbonyl (C=O) groups excluding carboxylic acids is 1. The molecule has 4 heteroatoms. The van der Waals surface area contributed by atoms with E-state index in [1.165, 1.54) is 0 Å². The van der Waals surface area contributed by atoms with Gasteiger partial charge < -0.3 is 5.11 Å². The first-order chi connectivity index (χ1) is 14.7. The molecule has 0 saturated carbocycles. The zero-order valence-electron chi connectivity index (χ0n) is 18.9. The number of allylic oxidation sites excluding steroid dienone is 3. The van der Waals surface area contributed by atoms with E-state index >= 15 is 0 Å². The summed E-state index contributed by atoms with van der Waals surface area (Å²) in [7, 11) is 0. The van der Waals surface area contributed by atoms with Crippen molar-refractivity contribution in [1.82, 2.24) is 5.10 Å². The van der Waals surface area contributed by atoms with E-state index in [-0.39, 0.29) is 11.5 Å². The number of fused-ring (bicyclic) bond motifs is 3. The number of aliphatic hydroxyl groups is 1. The molecule has 0 bridgehead atoms. The summed E-state index contributed by atoms with van der Waals surface area (Å²) in [6.45, 7) is 11.2. The smallest absolute Gasteiger partial charge is 0.286 e. The standard InChI is InChI=1S/C27H26N2O2/c1-15-16(2)18(4)29(28-17(15)3)27(20(6)31)25(19(5)30)26-23-13-9-7-11-21(23)22-12-8-10-14-24(22)26/h7-14H,1-6H3/p+1. The monoisotopic (exact) mass is 411 g/mol. The number of ketones is 1. The van der Waals surface area contributed by atoms with Crippen molar-refractivity contribution in [3.8, 4) is 11.1 Å². The Balaban J connectivity index is 2.15. The normalized spacial score (nSPS) is 12.9. The first kappa shape index (κ1) is 20.7. The lowest BCUT2D eigenvalue weighted by molar-refractivity contribution is -0.653. The van der Waals surface area contributed by atoms with Crippen LogP contribution >= 0.6 is 0 Å². The van der Waals surface area contributed by atoms with Gasteiger partial charge in [0.2, 0.25) is 5.69 Å². The van der Waals surface area contributed by atoms with E-state index in [0.717, 1.165) is 50.3 Å². The lowest BCUT2D eigenvalue weighted by Crippen LogP contribution is -2.44. The Morgan fingerprint density at radius 3 is 1.74 bits per heavy atom. The third-order valence-electron chi connectivity index (χ3n) is 6.29. The highest BCUT2D eigenvalue weighted by Crippen LogP contribution is 2.46. The van der Waals surface area contributed by atoms with E-state index in [2.05, 4.69) is 12.1 Å². The van der Waals surface area contributed by atoms with Crippen LogP contribution in [0, 0.1) is 27.7 Å². The van der Waals surface area contributed by atoms with Crippen LogP contribution in [0.25, 0.3) is 22.4 Å². The van der Waals surface area contributed by atoms with Gasteiger partial charge in [-0.05, 0) is 67.1 Å². The summed E-state index contributed by atoms with van der Waals surface area (Å²) >= 11 is 0. The van der Waals surface area contributed by atoms with Crippen molar-refractivity contribution < 1.29 is 14.6 Å². The van der Waals surface area contributed by atoms with Crippen LogP contribution in [0.2, 0.25) is 0 Å². The van der Waals surface area contributed by atoms with Crippen LogP contribution < -0.4 is 4.68 Å². The zero-order valence-corrected chi connectivity index (χ0v) is 18.9. The largest absolute Gasteiger partial charge is 0.506 e. The molecule has 1 aromatic heterocycles. The fourth-order valence-electron chi connectivity index (χ4n) is 4.41. The highest BCUT2D eigenvalue weighted by Gasteiger charge is 2.36. The second-order valence-electron chi connectivity index (χ2n) is 8.16. The maximum atomic E-state index is 13.2. The molecule has 156 valence electrons. The number of hydrogen-bond donors (Lipinski definition) is 1. The zero-order chi connectivity index (χ0) is 22.4. The number of aryl methyl sites for hydroxylation is 1. The van der Waals surface area contributed by atoms with Crippen molar-refractivity contribution in [2.45, 2.75) is 41.5 Å². The van der Waals surface area contributed by atoms with Crippen LogP contribution in [0.15, 0.2) is 59.9 Å². The Hall–Kier alpha value is -3.53. The Morgan fingerprint density at radius 1 is 0.806 bits per heavy atom. The molecule has 0 unspecified atom stereocenters. The molecule has 1 heterocycles. The Labute approximate surface area is 183 Å². The summed E-state index contributed by atoms with van der Waals surface area (Å²) in [5, 5.41) is 15.6. The van der Waals surface area contributed by atoms with Crippen LogP contribution in [-0.2, 0) is 4.79 Å². The van der Waals surface area contributed by atoms with E-state index < -0.39 is 0 Å². The number of nitrogens with zero attached hydrogens (tertiary/aromatic N) is 2. The van der Waals surface area contributed by atoms with Crippen molar-refractivity contribution in [2.24, 2.45) is 0 Å². The average molecular weight is 412 g/mol. The van der Waals surface area contributed by atoms with Crippen molar-refractivity contribution in [3.05, 3.63) is 93.5 Å². The van der Waals surface area contributed by atoms with Gasteiger partial charge in [-0.3, -0.25) is 4.79 Å². The first-order valence-corrected chi connectivity index (χ1v) is 10.5. The molecule has 3 aromatic rings. The summed E-state index contributed by atoms with van der Waals surface area (Å²) in [5.41, 5.74) is 9.86. The Bertz CT molecular complexity index is 1260. The number of aliphatic hydroxyl groups excluding tert-OH is 1. The topological polar surface area (TPSA) is 54.1 Å². The summed E-state index contributed by atoms with van der Waals surface area (Å²) in [4.78, 5) is 13.2. The quantitative estimate of drug-likeness (QED) is 0.278. The number of rotatable bonds is 3. The SMILES string of the molecule is CC(=O)C(=C1c2ccccc2-c2ccccc21)/C(=C(/C)O)[n+]1nc(C)c(C)c(C)c1C. The van der Waals surface area contributed by atoms with Gasteiger partial charge in [0.1, 0.15) is 11.3 Å². The highest BCUT2D eigenvalue weighted by atomic mass is 16.3. The lowest BCUT2D eigenvalue weighted by atomic mass is 9.92. The van der Waals surface area contributed by atoms with Crippen molar-refractivity contribution in [3.63, 3.8) is 0 Å². The second kappa shape index (κ2) is 7.62. The molecule has 0 saturated heterocycles. The minimum absolute atomic E-state index is 0.0582. The van der Waals surface area contributed by atoms with Crippen LogP contribution in [0.5, 0.6) is 0 Å². The number of benzene rings is 2. The number of carbonyl (C=O) groups is 1. The van der Waals surface area contributed by atoms with Crippen molar-refractivity contribution >= 4 is 17.1 Å². The molecule has 1 aliphatic carbocycles. The van der Waals surface area contributed by atoms with Gasteiger partial charge in [-0.2, -0.15) is 0 Å². The van der Waals surface area contributed by atoms with Crippen LogP contribution in [0.3, 0.4) is 0 Å². The fraction of sp³-hybridized carbons (Fsp3) is 0.222. The van der Waals surface area contributed by atoms with E-state index in [4.69, 9.17) is 5.10 Å². The molecule has 1 aliphatic rings. The minimum Gasteiger partial charge on any atom is -0.506 e. The number of Topliss-reactive ketones (excluding diaryl/α,β-unsaturated/α-hetero) is 1. The molecule has 0 atom stereocenters. The average Bonchev–Trinajstić information content (AvgIpc) is 3.07. The summed E-state index contributed by atoms with van der Waals surface area (Å²) in [5.74, 6) is -0.0581. The minimum atomic E-state index is -0.116. The van der Waals surface area contributed by atoms with Gasteiger partial charge in [-0.15, -0.1) is 0 Å². The molecule has 31 heavy (non-hydrogen) atoms. The van der Waals surface area contributed by atoms with Crippen molar-refractivity contribution in [2.75, 3.05) is 0 Å². The molecule has 2 aromatic carbocycles. The Kier molecular flexibility index (Phi) is 5.10. The van der Waals surface area contributed by atoms with Gasteiger partial charge in [0.25, 0.3) is 5.70 Å². The van der Waals surface area contributed by atoms with E-state index in [0.29, 0.717) is 11.3 Å². The Morgan fingerprint density at radius 2 is 1.29 bits per heavy atom. The highest BCUT2D eigenvalue weighted by molar-refractivity contribution is 6.17. The van der Waals surface area contributed by atoms with Gasteiger partial charge in [0, 0.05) is 23.2 Å². The van der Waals surface area contributed by atoms with Crippen LogP contribution in [0.1, 0.15) is 47.5 Å². The van der Waals surface area contributed by atoms with Gasteiger partial charge in [-0.1, -0.05) is 48.5 Å². The second-order valence-corrected chi connectivity index (χ2v) is 8.16. The summed E-state index contributed by atoms with van der Waals surface area (Å²) in [6.07, 6.45) is 0. The van der Waals surface area contributed by atoms with Gasteiger partial charge in [0.15, 0.2) is 11.5 Å². The molecule has 0 aliphatic heterocycles. The molecule has 0 radical (unpaired) electrons. The molecule has 0 spiro atoms. The van der Waals surface area contributed by atoms with E-state index in [1.807, 2.05) is 64.1 Å². The van der Waals surface area contributed by atoms with E-state index in [1.54, 1.807) is 18.5 Å². The molecule has 1 N–H and O–H groups in total. The molecule has 4 rings (SSSR count). The maximum Gasteiger partial charge on any atom is 0.286 e. The predicted octanol–water partition coefficient (Wildman–Crippen LogP) is 5.42. The molecule has 0 amide bonds. The molecular formula is C27H27N2O2+. The van der Waals surface area contributed by atoms with Gasteiger partial charge in [-0.25, -0.2) is 0 Å². The molecule has 4 nitrogen and oxygen atoms in total. The summed E-state index contributed by atoms with van der Waals surface area (Å²) in [6, 6.07) is 16.2. The third-order valence-corrected chi connectivity index (χ3v) is 6.29. The first-order valence-electron chi connectivity index (χ1n) is 10.5. The van der Waals surface area contributed by atoms with Gasteiger partial charge >= 0.3 is 0 Å². The number of aromatic nitrogens is 2. The van der Waals surface area contributed by atoms with Gasteiger partial charge in [0.05, 0.1) is 0 Å². The molecule has 0 fully saturated rings. The third kappa shape index (κ3) is 3.19. The van der Waals surface area contributed by atoms with Crippen molar-refractivity contribution in [1.29, 1.82) is 0 Å². The summed E-state index contributed by atoms with van der Waals surface area (Å²) < 4.78 is 1.72. The lowest BCUT2D eigenvalue weighted by Gasteiger charge is -2.13. The maximum absolute atomic E-state index is 13.2. The van der Waals surface area contributed by atoms with E-state index in [9.17, 15) is 9.90 Å². The number of hydrogen-bond acceptors (Lipinski definition) is 3. The molecular weight excluding hydrogens is 384 g/mol.